The van der Waals surface area contributed by atoms with E-state index in [-0.39, 0.29) is 5.41 Å². The van der Waals surface area contributed by atoms with Gasteiger partial charge < -0.3 is 23.5 Å². The number of hydrogen-bond donors (Lipinski definition) is 1. The molecule has 2 aromatic carbocycles. The van der Waals surface area contributed by atoms with Crippen LogP contribution in [0, 0.1) is 6.92 Å². The zero-order valence-electron chi connectivity index (χ0n) is 17.5. The van der Waals surface area contributed by atoms with E-state index in [1.54, 1.807) is 21.3 Å². The second-order valence-electron chi connectivity index (χ2n) is 7.86. The minimum absolute atomic E-state index is 0.189. The van der Waals surface area contributed by atoms with Crippen LogP contribution in [-0.4, -0.2) is 26.5 Å². The zero-order chi connectivity index (χ0) is 20.9. The van der Waals surface area contributed by atoms with Gasteiger partial charge in [0.25, 0.3) is 0 Å². The van der Waals surface area contributed by atoms with Gasteiger partial charge in [-0.15, -0.1) is 0 Å². The first-order valence-corrected chi connectivity index (χ1v) is 10.7. The molecular formula is C23H24N2O4S. The van der Waals surface area contributed by atoms with Crippen molar-refractivity contribution in [1.82, 2.24) is 5.16 Å². The van der Waals surface area contributed by atoms with Gasteiger partial charge in [-0.2, -0.15) is 0 Å². The van der Waals surface area contributed by atoms with E-state index >= 15 is 0 Å². The van der Waals surface area contributed by atoms with Gasteiger partial charge >= 0.3 is 0 Å². The van der Waals surface area contributed by atoms with Crippen molar-refractivity contribution in [2.24, 2.45) is 0 Å². The lowest BCUT2D eigenvalue weighted by atomic mass is 9.78. The number of aryl methyl sites for hydroxylation is 1. The topological polar surface area (TPSA) is 65.8 Å². The molecule has 0 amide bonds. The molecular weight excluding hydrogens is 400 g/mol. The van der Waals surface area contributed by atoms with Crippen LogP contribution in [0.5, 0.6) is 17.2 Å². The molecule has 1 saturated carbocycles. The third kappa shape index (κ3) is 2.91. The SMILES string of the molecule is COc1cc2c(cc1C)C1(CC1)Cc1c(NSc3c(OC)cccc3OC)noc1-2. The Morgan fingerprint density at radius 3 is 2.37 bits per heavy atom. The Labute approximate surface area is 180 Å². The van der Waals surface area contributed by atoms with Crippen LogP contribution in [0.4, 0.5) is 5.82 Å². The van der Waals surface area contributed by atoms with Crippen molar-refractivity contribution in [3.05, 3.63) is 47.0 Å². The molecule has 1 N–H and O–H groups in total. The minimum Gasteiger partial charge on any atom is -0.496 e. The molecule has 6 nitrogen and oxygen atoms in total. The molecule has 1 aromatic heterocycles. The van der Waals surface area contributed by atoms with Gasteiger partial charge in [0.15, 0.2) is 11.6 Å². The van der Waals surface area contributed by atoms with Gasteiger partial charge in [-0.1, -0.05) is 17.3 Å². The molecule has 2 aliphatic carbocycles. The molecule has 1 heterocycles. The summed E-state index contributed by atoms with van der Waals surface area (Å²) in [7, 11) is 5.01. The van der Waals surface area contributed by atoms with Gasteiger partial charge in [0.1, 0.15) is 22.1 Å². The first kappa shape index (κ1) is 19.2. The maximum atomic E-state index is 5.83. The standard InChI is InChI=1S/C23H24N2O4S/c1-13-10-16-14(11-19(13)28-4)20-15(12-23(16)8-9-23)22(24-29-20)25-30-21-17(26-2)6-5-7-18(21)27-3/h5-7,10-11H,8-9,12H2,1-4H3,(H,24,25). The Morgan fingerprint density at radius 2 is 1.73 bits per heavy atom. The molecule has 0 atom stereocenters. The molecule has 30 heavy (non-hydrogen) atoms. The van der Waals surface area contributed by atoms with Crippen molar-refractivity contribution >= 4 is 17.8 Å². The molecule has 0 saturated heterocycles. The highest BCUT2D eigenvalue weighted by atomic mass is 32.2. The lowest BCUT2D eigenvalue weighted by Gasteiger charge is -2.25. The normalized spacial score (nSPS) is 15.3. The third-order valence-corrected chi connectivity index (χ3v) is 7.04. The van der Waals surface area contributed by atoms with E-state index < -0.39 is 0 Å². The summed E-state index contributed by atoms with van der Waals surface area (Å²) in [4.78, 5) is 0.869. The molecule has 0 unspecified atom stereocenters. The van der Waals surface area contributed by atoms with E-state index in [2.05, 4.69) is 28.9 Å². The Morgan fingerprint density at radius 1 is 1.03 bits per heavy atom. The third-order valence-electron chi connectivity index (χ3n) is 6.14. The van der Waals surface area contributed by atoms with Gasteiger partial charge in [-0.05, 0) is 67.5 Å². The van der Waals surface area contributed by atoms with Crippen LogP contribution >= 0.6 is 11.9 Å². The molecule has 0 bridgehead atoms. The fourth-order valence-corrected chi connectivity index (χ4v) is 5.21. The quantitative estimate of drug-likeness (QED) is 0.533. The minimum atomic E-state index is 0.189. The number of benzene rings is 2. The summed E-state index contributed by atoms with van der Waals surface area (Å²) in [5.74, 6) is 3.94. The summed E-state index contributed by atoms with van der Waals surface area (Å²) in [6.07, 6.45) is 3.29. The molecule has 2 aliphatic rings. The van der Waals surface area contributed by atoms with Crippen molar-refractivity contribution in [1.29, 1.82) is 0 Å². The van der Waals surface area contributed by atoms with Crippen molar-refractivity contribution < 1.29 is 18.7 Å². The highest BCUT2D eigenvalue weighted by Gasteiger charge is 2.50. The number of hydrogen-bond acceptors (Lipinski definition) is 7. The largest absolute Gasteiger partial charge is 0.496 e. The summed E-state index contributed by atoms with van der Waals surface area (Å²) in [6.45, 7) is 2.09. The number of methoxy groups -OCH3 is 3. The van der Waals surface area contributed by atoms with Crippen molar-refractivity contribution in [3.63, 3.8) is 0 Å². The summed E-state index contributed by atoms with van der Waals surface area (Å²) in [5, 5.41) is 4.36. The first-order valence-electron chi connectivity index (χ1n) is 9.92. The second-order valence-corrected chi connectivity index (χ2v) is 8.68. The summed E-state index contributed by atoms with van der Waals surface area (Å²) < 4.78 is 25.8. The van der Waals surface area contributed by atoms with E-state index in [0.717, 1.165) is 56.8 Å². The van der Waals surface area contributed by atoms with E-state index in [9.17, 15) is 0 Å². The molecule has 5 rings (SSSR count). The summed E-state index contributed by atoms with van der Waals surface area (Å²) in [5.41, 5.74) is 4.91. The molecule has 1 spiro atoms. The predicted molar refractivity (Wildman–Crippen MR) is 117 cm³/mol. The number of rotatable bonds is 6. The van der Waals surface area contributed by atoms with E-state index in [0.29, 0.717) is 0 Å². The van der Waals surface area contributed by atoms with Crippen LogP contribution in [0.2, 0.25) is 0 Å². The lowest BCUT2D eigenvalue weighted by molar-refractivity contribution is 0.376. The maximum absolute atomic E-state index is 5.83. The number of aromatic nitrogens is 1. The second kappa shape index (κ2) is 7.16. The highest BCUT2D eigenvalue weighted by Crippen LogP contribution is 2.59. The van der Waals surface area contributed by atoms with Crippen molar-refractivity contribution in [2.45, 2.75) is 36.5 Å². The van der Waals surface area contributed by atoms with Crippen LogP contribution in [0.25, 0.3) is 11.3 Å². The molecule has 7 heteroatoms. The van der Waals surface area contributed by atoms with Gasteiger partial charge in [0.2, 0.25) is 0 Å². The van der Waals surface area contributed by atoms with E-state index in [1.165, 1.54) is 30.4 Å². The molecule has 156 valence electrons. The number of fused-ring (bicyclic) bond motifs is 4. The molecule has 3 aromatic rings. The molecule has 0 radical (unpaired) electrons. The number of ether oxygens (including phenoxy) is 3. The first-order chi connectivity index (χ1) is 14.6. The number of anilines is 1. The van der Waals surface area contributed by atoms with Crippen LogP contribution in [0.1, 0.15) is 29.5 Å². The monoisotopic (exact) mass is 424 g/mol. The fourth-order valence-electron chi connectivity index (χ4n) is 4.35. The average molecular weight is 425 g/mol. The van der Waals surface area contributed by atoms with Crippen LogP contribution < -0.4 is 18.9 Å². The van der Waals surface area contributed by atoms with E-state index in [1.807, 2.05) is 18.2 Å². The summed E-state index contributed by atoms with van der Waals surface area (Å²) >= 11 is 1.42. The lowest BCUT2D eigenvalue weighted by Crippen LogP contribution is -2.18. The number of nitrogens with one attached hydrogen (secondary N) is 1. The number of nitrogens with zero attached hydrogens (tertiary/aromatic N) is 1. The van der Waals surface area contributed by atoms with Gasteiger partial charge in [0, 0.05) is 16.5 Å². The van der Waals surface area contributed by atoms with Gasteiger partial charge in [-0.3, -0.25) is 0 Å². The Hall–Kier alpha value is -2.80. The zero-order valence-corrected chi connectivity index (χ0v) is 18.3. The van der Waals surface area contributed by atoms with Crippen LogP contribution in [-0.2, 0) is 11.8 Å². The Balaban J connectivity index is 1.51. The van der Waals surface area contributed by atoms with Crippen LogP contribution in [0.3, 0.4) is 0 Å². The summed E-state index contributed by atoms with van der Waals surface area (Å²) in [6, 6.07) is 10.1. The molecule has 0 aliphatic heterocycles. The van der Waals surface area contributed by atoms with Crippen molar-refractivity contribution in [3.8, 4) is 28.6 Å². The predicted octanol–water partition coefficient (Wildman–Crippen LogP) is 5.38. The van der Waals surface area contributed by atoms with Gasteiger partial charge in [0.05, 0.1) is 21.3 Å². The Bertz CT molecular complexity index is 1100. The van der Waals surface area contributed by atoms with Crippen LogP contribution in [0.15, 0.2) is 39.8 Å². The molecule has 1 fully saturated rings. The average Bonchev–Trinajstić information content (AvgIpc) is 3.43. The highest BCUT2D eigenvalue weighted by molar-refractivity contribution is 8.00. The maximum Gasteiger partial charge on any atom is 0.183 e. The van der Waals surface area contributed by atoms with Gasteiger partial charge in [-0.25, -0.2) is 0 Å². The van der Waals surface area contributed by atoms with E-state index in [4.69, 9.17) is 18.7 Å². The fraction of sp³-hybridized carbons (Fsp3) is 0.348. The Kier molecular flexibility index (Phi) is 4.58. The smallest absolute Gasteiger partial charge is 0.183 e. The van der Waals surface area contributed by atoms with Crippen molar-refractivity contribution in [2.75, 3.05) is 26.1 Å².